The topological polar surface area (TPSA) is 89.1 Å². The summed E-state index contributed by atoms with van der Waals surface area (Å²) < 4.78 is 16.2. The fourth-order valence-electron chi connectivity index (χ4n) is 4.00. The number of nitrogens with zero attached hydrogens (tertiary/aromatic N) is 1. The second-order valence-electron chi connectivity index (χ2n) is 8.24. The van der Waals surface area contributed by atoms with E-state index in [-0.39, 0.29) is 24.8 Å². The first-order valence-electron chi connectivity index (χ1n) is 10.3. The summed E-state index contributed by atoms with van der Waals surface area (Å²) in [7, 11) is 0. The Morgan fingerprint density at radius 2 is 1.97 bits per heavy atom. The van der Waals surface area contributed by atoms with Crippen LogP contribution in [0.4, 0.5) is 4.79 Å². The molecule has 3 aliphatic heterocycles. The average Bonchev–Trinajstić information content (AvgIpc) is 3.42. The molecule has 8 nitrogen and oxygen atoms in total. The number of fused-ring (bicyclic) bond motifs is 1. The Morgan fingerprint density at radius 1 is 1.17 bits per heavy atom. The van der Waals surface area contributed by atoms with Crippen LogP contribution < -0.4 is 20.1 Å². The smallest absolute Gasteiger partial charge is 0.317 e. The van der Waals surface area contributed by atoms with Crippen molar-refractivity contribution in [2.24, 2.45) is 5.41 Å². The van der Waals surface area contributed by atoms with Crippen LogP contribution in [-0.4, -0.2) is 56.0 Å². The lowest BCUT2D eigenvalue weighted by molar-refractivity contribution is -0.132. The zero-order valence-corrected chi connectivity index (χ0v) is 16.9. The summed E-state index contributed by atoms with van der Waals surface area (Å²) in [5, 5.41) is 5.99. The molecular formula is C21H29N3O5. The van der Waals surface area contributed by atoms with Gasteiger partial charge in [-0.05, 0) is 43.4 Å². The van der Waals surface area contributed by atoms with Gasteiger partial charge in [0.05, 0.1) is 6.10 Å². The fourth-order valence-corrected chi connectivity index (χ4v) is 4.00. The Balaban J connectivity index is 1.23. The van der Waals surface area contributed by atoms with Crippen molar-refractivity contribution in [2.75, 3.05) is 33.0 Å². The Morgan fingerprint density at radius 3 is 2.72 bits per heavy atom. The molecule has 2 fully saturated rings. The number of hydrogen-bond acceptors (Lipinski definition) is 5. The Hall–Kier alpha value is -2.48. The van der Waals surface area contributed by atoms with E-state index < -0.39 is 5.41 Å². The molecule has 0 spiro atoms. The monoisotopic (exact) mass is 403 g/mol. The number of benzene rings is 1. The van der Waals surface area contributed by atoms with E-state index in [4.69, 9.17) is 14.2 Å². The summed E-state index contributed by atoms with van der Waals surface area (Å²) in [6.07, 6.45) is 3.49. The van der Waals surface area contributed by atoms with Crippen LogP contribution in [0, 0.1) is 5.41 Å². The normalized spacial score (nSPS) is 22.4. The van der Waals surface area contributed by atoms with Crippen LogP contribution in [0.3, 0.4) is 0 Å². The molecule has 0 saturated carbocycles. The van der Waals surface area contributed by atoms with Gasteiger partial charge >= 0.3 is 6.03 Å². The summed E-state index contributed by atoms with van der Waals surface area (Å²) in [6.45, 7) is 5.14. The zero-order valence-electron chi connectivity index (χ0n) is 16.9. The lowest BCUT2D eigenvalue weighted by Gasteiger charge is -2.38. The van der Waals surface area contributed by atoms with Gasteiger partial charge in [0, 0.05) is 38.2 Å². The molecular weight excluding hydrogens is 374 g/mol. The summed E-state index contributed by atoms with van der Waals surface area (Å²) >= 11 is 0. The zero-order chi connectivity index (χ0) is 20.3. The number of ether oxygens (including phenoxy) is 3. The van der Waals surface area contributed by atoms with Crippen LogP contribution >= 0.6 is 0 Å². The first-order valence-corrected chi connectivity index (χ1v) is 10.3. The molecule has 158 valence electrons. The summed E-state index contributed by atoms with van der Waals surface area (Å²) in [4.78, 5) is 27.0. The summed E-state index contributed by atoms with van der Waals surface area (Å²) in [6, 6.07) is 5.62. The Kier molecular flexibility index (Phi) is 5.80. The highest BCUT2D eigenvalue weighted by molar-refractivity contribution is 5.83. The van der Waals surface area contributed by atoms with E-state index in [2.05, 4.69) is 10.6 Å². The molecule has 4 rings (SSSR count). The van der Waals surface area contributed by atoms with Gasteiger partial charge in [0.25, 0.3) is 0 Å². The van der Waals surface area contributed by atoms with Gasteiger partial charge in [0.15, 0.2) is 11.5 Å². The van der Waals surface area contributed by atoms with Crippen molar-refractivity contribution in [1.29, 1.82) is 0 Å². The van der Waals surface area contributed by atoms with Gasteiger partial charge in [-0.2, -0.15) is 0 Å². The van der Waals surface area contributed by atoms with Gasteiger partial charge in [-0.3, -0.25) is 4.79 Å². The highest BCUT2D eigenvalue weighted by atomic mass is 16.7. The van der Waals surface area contributed by atoms with E-state index in [1.165, 1.54) is 0 Å². The summed E-state index contributed by atoms with van der Waals surface area (Å²) in [5.41, 5.74) is 0.499. The maximum atomic E-state index is 12.8. The number of urea groups is 1. The molecule has 1 aromatic rings. The average molecular weight is 403 g/mol. The second kappa shape index (κ2) is 8.49. The van der Waals surface area contributed by atoms with Crippen molar-refractivity contribution < 1.29 is 23.8 Å². The van der Waals surface area contributed by atoms with Gasteiger partial charge in [-0.1, -0.05) is 13.0 Å². The standard InChI is InChI=1S/C21H29N3O5/c1-21(19(25)22-12-15-4-5-17-18(11-15)29-14-28-17)6-8-24(9-7-21)20(26)23-13-16-3-2-10-27-16/h4-5,11,16H,2-3,6-10,12-14H2,1H3,(H,22,25)(H,23,26). The molecule has 0 aliphatic carbocycles. The van der Waals surface area contributed by atoms with E-state index in [0.29, 0.717) is 44.8 Å². The summed E-state index contributed by atoms with van der Waals surface area (Å²) in [5.74, 6) is 1.47. The highest BCUT2D eigenvalue weighted by Gasteiger charge is 2.38. The molecule has 1 aromatic carbocycles. The third-order valence-corrected chi connectivity index (χ3v) is 6.10. The van der Waals surface area contributed by atoms with Crippen LogP contribution in [0.15, 0.2) is 18.2 Å². The molecule has 1 atom stereocenters. The molecule has 1 unspecified atom stereocenters. The molecule has 3 amide bonds. The third-order valence-electron chi connectivity index (χ3n) is 6.10. The van der Waals surface area contributed by atoms with Crippen molar-refractivity contribution >= 4 is 11.9 Å². The van der Waals surface area contributed by atoms with Gasteiger partial charge in [0.2, 0.25) is 12.7 Å². The quantitative estimate of drug-likeness (QED) is 0.785. The van der Waals surface area contributed by atoms with Crippen LogP contribution in [0.2, 0.25) is 0 Å². The Bertz CT molecular complexity index is 755. The predicted octanol–water partition coefficient (Wildman–Crippen LogP) is 2.02. The van der Waals surface area contributed by atoms with Crippen LogP contribution in [0.1, 0.15) is 38.2 Å². The minimum atomic E-state index is -0.471. The van der Waals surface area contributed by atoms with E-state index in [1.807, 2.05) is 25.1 Å². The fraction of sp³-hybridized carbons (Fsp3) is 0.619. The molecule has 0 aromatic heterocycles. The molecule has 0 radical (unpaired) electrons. The SMILES string of the molecule is CC1(C(=O)NCc2ccc3c(c2)OCO3)CCN(C(=O)NCC2CCCO2)CC1. The second-order valence-corrected chi connectivity index (χ2v) is 8.24. The van der Waals surface area contributed by atoms with Gasteiger partial charge in [0.1, 0.15) is 0 Å². The van der Waals surface area contributed by atoms with E-state index in [9.17, 15) is 9.59 Å². The minimum Gasteiger partial charge on any atom is -0.454 e. The molecule has 2 N–H and O–H groups in total. The van der Waals surface area contributed by atoms with E-state index in [0.717, 1.165) is 30.8 Å². The van der Waals surface area contributed by atoms with Crippen LogP contribution in [-0.2, 0) is 16.1 Å². The largest absolute Gasteiger partial charge is 0.454 e. The first kappa shape index (κ1) is 19.8. The lowest BCUT2D eigenvalue weighted by Crippen LogP contribution is -2.51. The van der Waals surface area contributed by atoms with Crippen molar-refractivity contribution in [1.82, 2.24) is 15.5 Å². The number of likely N-dealkylation sites (tertiary alicyclic amines) is 1. The molecule has 3 aliphatic rings. The molecule has 29 heavy (non-hydrogen) atoms. The molecule has 3 heterocycles. The molecule has 8 heteroatoms. The van der Waals surface area contributed by atoms with Crippen molar-refractivity contribution in [2.45, 2.75) is 45.3 Å². The number of rotatable bonds is 5. The number of amides is 3. The number of carbonyl (C=O) groups is 2. The van der Waals surface area contributed by atoms with Crippen molar-refractivity contribution in [3.63, 3.8) is 0 Å². The van der Waals surface area contributed by atoms with E-state index >= 15 is 0 Å². The van der Waals surface area contributed by atoms with Crippen molar-refractivity contribution in [3.05, 3.63) is 23.8 Å². The van der Waals surface area contributed by atoms with E-state index in [1.54, 1.807) is 4.90 Å². The number of hydrogen-bond donors (Lipinski definition) is 2. The van der Waals surface area contributed by atoms with Gasteiger partial charge in [-0.15, -0.1) is 0 Å². The number of nitrogens with one attached hydrogen (secondary N) is 2. The lowest BCUT2D eigenvalue weighted by atomic mass is 9.79. The predicted molar refractivity (Wildman–Crippen MR) is 106 cm³/mol. The third kappa shape index (κ3) is 4.58. The Labute approximate surface area is 170 Å². The van der Waals surface area contributed by atoms with Crippen LogP contribution in [0.5, 0.6) is 11.5 Å². The minimum absolute atomic E-state index is 0.0228. The van der Waals surface area contributed by atoms with Crippen LogP contribution in [0.25, 0.3) is 0 Å². The number of carbonyl (C=O) groups excluding carboxylic acids is 2. The molecule has 0 bridgehead atoms. The van der Waals surface area contributed by atoms with Gasteiger partial charge < -0.3 is 29.7 Å². The maximum absolute atomic E-state index is 12.8. The van der Waals surface area contributed by atoms with Gasteiger partial charge in [-0.25, -0.2) is 4.79 Å². The first-order chi connectivity index (χ1) is 14.0. The highest BCUT2D eigenvalue weighted by Crippen LogP contribution is 2.33. The molecule has 2 saturated heterocycles. The number of piperidine rings is 1. The van der Waals surface area contributed by atoms with Crippen molar-refractivity contribution in [3.8, 4) is 11.5 Å². The maximum Gasteiger partial charge on any atom is 0.317 e.